The molecule has 1 rings (SSSR count). The number of amides is 1. The first-order valence-corrected chi connectivity index (χ1v) is 5.66. The first-order valence-electron chi connectivity index (χ1n) is 4.87. The van der Waals surface area contributed by atoms with Crippen LogP contribution in [0.25, 0.3) is 0 Å². The molecule has 0 spiro atoms. The second-order valence-electron chi connectivity index (χ2n) is 3.21. The maximum Gasteiger partial charge on any atom is 0.245 e. The highest BCUT2D eigenvalue weighted by Gasteiger charge is 2.04. The zero-order chi connectivity index (χ0) is 12.0. The highest BCUT2D eigenvalue weighted by Crippen LogP contribution is 2.22. The van der Waals surface area contributed by atoms with Crippen LogP contribution in [0.15, 0.2) is 22.7 Å². The van der Waals surface area contributed by atoms with E-state index in [0.29, 0.717) is 13.0 Å². The van der Waals surface area contributed by atoms with Crippen LogP contribution in [0.4, 0.5) is 0 Å². The average Bonchev–Trinajstić information content (AvgIpc) is 2.29. The summed E-state index contributed by atoms with van der Waals surface area (Å²) < 4.78 is 6.17. The fourth-order valence-electron chi connectivity index (χ4n) is 1.34. The molecule has 1 aromatic rings. The van der Waals surface area contributed by atoms with Gasteiger partial charge in [0, 0.05) is 11.0 Å². The lowest BCUT2D eigenvalue weighted by molar-refractivity contribution is -0.123. The van der Waals surface area contributed by atoms with Gasteiger partial charge < -0.3 is 15.2 Å². The van der Waals surface area contributed by atoms with E-state index >= 15 is 0 Å². The van der Waals surface area contributed by atoms with Crippen molar-refractivity contribution in [3.05, 3.63) is 28.2 Å². The molecule has 0 unspecified atom stereocenters. The van der Waals surface area contributed by atoms with Crippen molar-refractivity contribution in [3.63, 3.8) is 0 Å². The quantitative estimate of drug-likeness (QED) is 0.853. The fourth-order valence-corrected chi connectivity index (χ4v) is 1.74. The SMILES string of the molecule is COc1ccc(Br)cc1CCNC(=O)CO. The number of methoxy groups -OCH3 is 1. The highest BCUT2D eigenvalue weighted by molar-refractivity contribution is 9.10. The zero-order valence-corrected chi connectivity index (χ0v) is 10.6. The van der Waals surface area contributed by atoms with Gasteiger partial charge in [0.25, 0.3) is 0 Å². The van der Waals surface area contributed by atoms with Crippen molar-refractivity contribution in [1.29, 1.82) is 0 Å². The monoisotopic (exact) mass is 287 g/mol. The van der Waals surface area contributed by atoms with Crippen LogP contribution < -0.4 is 10.1 Å². The lowest BCUT2D eigenvalue weighted by Crippen LogP contribution is -2.28. The van der Waals surface area contributed by atoms with Crippen LogP contribution in [-0.4, -0.2) is 31.3 Å². The molecule has 0 heterocycles. The van der Waals surface area contributed by atoms with E-state index in [2.05, 4.69) is 21.2 Å². The number of aliphatic hydroxyl groups excluding tert-OH is 1. The molecule has 1 aromatic carbocycles. The van der Waals surface area contributed by atoms with E-state index in [1.165, 1.54) is 0 Å². The van der Waals surface area contributed by atoms with Crippen LogP contribution in [-0.2, 0) is 11.2 Å². The lowest BCUT2D eigenvalue weighted by Gasteiger charge is -2.09. The van der Waals surface area contributed by atoms with Crippen molar-refractivity contribution in [2.75, 3.05) is 20.3 Å². The van der Waals surface area contributed by atoms with Crippen molar-refractivity contribution in [1.82, 2.24) is 5.32 Å². The summed E-state index contributed by atoms with van der Waals surface area (Å²) >= 11 is 3.38. The number of carbonyl (C=O) groups excluding carboxylic acids is 1. The summed E-state index contributed by atoms with van der Waals surface area (Å²) in [7, 11) is 1.61. The third-order valence-corrected chi connectivity index (χ3v) is 2.60. The summed E-state index contributed by atoms with van der Waals surface area (Å²) in [5, 5.41) is 11.1. The first kappa shape index (κ1) is 13.0. The molecule has 0 atom stereocenters. The molecule has 0 aliphatic heterocycles. The summed E-state index contributed by atoms with van der Waals surface area (Å²) in [6.07, 6.45) is 0.661. The highest BCUT2D eigenvalue weighted by atomic mass is 79.9. The van der Waals surface area contributed by atoms with E-state index in [0.717, 1.165) is 15.8 Å². The lowest BCUT2D eigenvalue weighted by atomic mass is 10.1. The van der Waals surface area contributed by atoms with Gasteiger partial charge in [0.1, 0.15) is 12.4 Å². The van der Waals surface area contributed by atoms with Crippen molar-refractivity contribution in [2.45, 2.75) is 6.42 Å². The molecule has 0 saturated heterocycles. The van der Waals surface area contributed by atoms with Gasteiger partial charge >= 0.3 is 0 Å². The molecule has 2 N–H and O–H groups in total. The number of hydrogen-bond donors (Lipinski definition) is 2. The number of hydrogen-bond acceptors (Lipinski definition) is 3. The van der Waals surface area contributed by atoms with E-state index < -0.39 is 6.61 Å². The Kier molecular flexibility index (Phi) is 5.28. The number of halogens is 1. The van der Waals surface area contributed by atoms with E-state index in [9.17, 15) is 4.79 Å². The Balaban J connectivity index is 2.58. The van der Waals surface area contributed by atoms with E-state index in [4.69, 9.17) is 9.84 Å². The molecule has 5 heteroatoms. The van der Waals surface area contributed by atoms with Gasteiger partial charge in [-0.25, -0.2) is 0 Å². The van der Waals surface area contributed by atoms with Crippen LogP contribution in [0.5, 0.6) is 5.75 Å². The number of rotatable bonds is 5. The van der Waals surface area contributed by atoms with Gasteiger partial charge in [-0.1, -0.05) is 15.9 Å². The Bertz CT molecular complexity index is 368. The molecule has 0 saturated carbocycles. The van der Waals surface area contributed by atoms with E-state index in [-0.39, 0.29) is 5.91 Å². The van der Waals surface area contributed by atoms with Gasteiger partial charge in [0.05, 0.1) is 7.11 Å². The molecule has 0 aliphatic carbocycles. The van der Waals surface area contributed by atoms with Crippen molar-refractivity contribution in [3.8, 4) is 5.75 Å². The second kappa shape index (κ2) is 6.50. The predicted octanol–water partition coefficient (Wildman–Crippen LogP) is 1.11. The number of nitrogens with one attached hydrogen (secondary N) is 1. The van der Waals surface area contributed by atoms with Gasteiger partial charge in [0.2, 0.25) is 5.91 Å². The Labute approximate surface area is 103 Å². The summed E-state index contributed by atoms with van der Waals surface area (Å²) in [6.45, 7) is 0.00181. The van der Waals surface area contributed by atoms with Gasteiger partial charge in [0.15, 0.2) is 0 Å². The number of aliphatic hydroxyl groups is 1. The smallest absolute Gasteiger partial charge is 0.245 e. The van der Waals surface area contributed by atoms with E-state index in [1.54, 1.807) is 7.11 Å². The van der Waals surface area contributed by atoms with Gasteiger partial charge in [-0.15, -0.1) is 0 Å². The molecule has 4 nitrogen and oxygen atoms in total. The molecule has 0 bridgehead atoms. The largest absolute Gasteiger partial charge is 0.496 e. The molecule has 88 valence electrons. The zero-order valence-electron chi connectivity index (χ0n) is 9.00. The molecular weight excluding hydrogens is 274 g/mol. The molecule has 0 aromatic heterocycles. The third-order valence-electron chi connectivity index (χ3n) is 2.10. The Morgan fingerprint density at radius 1 is 1.56 bits per heavy atom. The Morgan fingerprint density at radius 2 is 2.31 bits per heavy atom. The van der Waals surface area contributed by atoms with Crippen molar-refractivity contribution >= 4 is 21.8 Å². The summed E-state index contributed by atoms with van der Waals surface area (Å²) in [5.74, 6) is 0.426. The third kappa shape index (κ3) is 3.83. The molecule has 0 fully saturated rings. The summed E-state index contributed by atoms with van der Waals surface area (Å²) in [6, 6.07) is 5.71. The van der Waals surface area contributed by atoms with Crippen LogP contribution in [0, 0.1) is 0 Å². The van der Waals surface area contributed by atoms with Gasteiger partial charge in [-0.2, -0.15) is 0 Å². The average molecular weight is 288 g/mol. The topological polar surface area (TPSA) is 58.6 Å². The van der Waals surface area contributed by atoms with Gasteiger partial charge in [-0.05, 0) is 30.2 Å². The number of benzene rings is 1. The normalized spacial score (nSPS) is 9.94. The summed E-state index contributed by atoms with van der Waals surface area (Å²) in [4.78, 5) is 10.8. The molecule has 0 aliphatic rings. The molecular formula is C11H14BrNO3. The van der Waals surface area contributed by atoms with E-state index in [1.807, 2.05) is 18.2 Å². The van der Waals surface area contributed by atoms with Crippen molar-refractivity contribution in [2.24, 2.45) is 0 Å². The Morgan fingerprint density at radius 3 is 2.94 bits per heavy atom. The van der Waals surface area contributed by atoms with Crippen LogP contribution in [0.2, 0.25) is 0 Å². The fraction of sp³-hybridized carbons (Fsp3) is 0.364. The molecule has 16 heavy (non-hydrogen) atoms. The molecule has 1 amide bonds. The van der Waals surface area contributed by atoms with Crippen LogP contribution in [0.3, 0.4) is 0 Å². The minimum atomic E-state index is -0.477. The minimum absolute atomic E-state index is 0.367. The maximum atomic E-state index is 10.8. The predicted molar refractivity (Wildman–Crippen MR) is 64.5 cm³/mol. The number of carbonyl (C=O) groups is 1. The standard InChI is InChI=1S/C11H14BrNO3/c1-16-10-3-2-9(12)6-8(10)4-5-13-11(15)7-14/h2-3,6,14H,4-5,7H2,1H3,(H,13,15). The maximum absolute atomic E-state index is 10.8. The second-order valence-corrected chi connectivity index (χ2v) is 4.13. The number of ether oxygens (including phenoxy) is 1. The molecule has 0 radical (unpaired) electrons. The van der Waals surface area contributed by atoms with Gasteiger partial charge in [-0.3, -0.25) is 4.79 Å². The Hall–Kier alpha value is -1.07. The van der Waals surface area contributed by atoms with Crippen LogP contribution >= 0.6 is 15.9 Å². The van der Waals surface area contributed by atoms with Crippen LogP contribution in [0.1, 0.15) is 5.56 Å². The first-order chi connectivity index (χ1) is 7.67. The minimum Gasteiger partial charge on any atom is -0.496 e. The summed E-state index contributed by atoms with van der Waals surface area (Å²) in [5.41, 5.74) is 1.01. The van der Waals surface area contributed by atoms with Crippen molar-refractivity contribution < 1.29 is 14.6 Å².